The lowest BCUT2D eigenvalue weighted by Gasteiger charge is -2.28. The number of carbonyl (C=O) groups is 1. The standard InChI is InChI=1S/C14H18O4/c1-17-12-5-3-11(4-6-12)14(13(15)16)7-2-9-18-10-8-14/h3-6H,2,7-10H2,1H3,(H,15,16). The molecular weight excluding hydrogens is 232 g/mol. The van der Waals surface area contributed by atoms with Crippen LogP contribution in [0.5, 0.6) is 5.75 Å². The molecule has 0 spiro atoms. The Morgan fingerprint density at radius 1 is 1.28 bits per heavy atom. The Kier molecular flexibility index (Phi) is 3.87. The molecule has 4 heteroatoms. The van der Waals surface area contributed by atoms with E-state index in [9.17, 15) is 9.90 Å². The van der Waals surface area contributed by atoms with E-state index in [0.717, 1.165) is 17.7 Å². The Labute approximate surface area is 107 Å². The van der Waals surface area contributed by atoms with Gasteiger partial charge in [-0.1, -0.05) is 12.1 Å². The number of hydrogen-bond donors (Lipinski definition) is 1. The van der Waals surface area contributed by atoms with E-state index in [1.807, 2.05) is 24.3 Å². The molecule has 0 aromatic heterocycles. The molecule has 1 unspecified atom stereocenters. The lowest BCUT2D eigenvalue weighted by Crippen LogP contribution is -2.36. The first kappa shape index (κ1) is 12.9. The third-order valence-corrected chi connectivity index (χ3v) is 3.62. The molecule has 1 N–H and O–H groups in total. The van der Waals surface area contributed by atoms with E-state index in [1.54, 1.807) is 7.11 Å². The van der Waals surface area contributed by atoms with Gasteiger partial charge in [0.05, 0.1) is 12.5 Å². The summed E-state index contributed by atoms with van der Waals surface area (Å²) in [7, 11) is 1.60. The molecule has 1 heterocycles. The number of benzene rings is 1. The minimum Gasteiger partial charge on any atom is -0.497 e. The molecule has 1 aliphatic rings. The van der Waals surface area contributed by atoms with E-state index >= 15 is 0 Å². The second-order valence-corrected chi connectivity index (χ2v) is 4.58. The first-order chi connectivity index (χ1) is 8.69. The number of aliphatic carboxylic acids is 1. The summed E-state index contributed by atoms with van der Waals surface area (Å²) in [6.45, 7) is 1.14. The second kappa shape index (κ2) is 5.40. The highest BCUT2D eigenvalue weighted by atomic mass is 16.5. The summed E-state index contributed by atoms with van der Waals surface area (Å²) < 4.78 is 10.5. The molecule has 1 saturated heterocycles. The maximum atomic E-state index is 11.7. The van der Waals surface area contributed by atoms with E-state index < -0.39 is 11.4 Å². The summed E-state index contributed by atoms with van der Waals surface area (Å²) in [5, 5.41) is 9.61. The molecule has 1 aromatic carbocycles. The van der Waals surface area contributed by atoms with Crippen LogP contribution in [0.3, 0.4) is 0 Å². The maximum absolute atomic E-state index is 11.7. The number of hydrogen-bond acceptors (Lipinski definition) is 3. The van der Waals surface area contributed by atoms with E-state index in [2.05, 4.69) is 0 Å². The van der Waals surface area contributed by atoms with Gasteiger partial charge in [0.2, 0.25) is 0 Å². The third-order valence-electron chi connectivity index (χ3n) is 3.62. The van der Waals surface area contributed by atoms with Gasteiger partial charge < -0.3 is 14.6 Å². The van der Waals surface area contributed by atoms with Gasteiger partial charge in [0.25, 0.3) is 0 Å². The van der Waals surface area contributed by atoms with Crippen molar-refractivity contribution in [2.45, 2.75) is 24.7 Å². The van der Waals surface area contributed by atoms with Crippen LogP contribution in [0.4, 0.5) is 0 Å². The molecule has 0 aliphatic carbocycles. The average Bonchev–Trinajstić information content (AvgIpc) is 2.65. The molecule has 1 aliphatic heterocycles. The minimum atomic E-state index is -0.817. The Morgan fingerprint density at radius 2 is 2.00 bits per heavy atom. The quantitative estimate of drug-likeness (QED) is 0.893. The number of methoxy groups -OCH3 is 1. The van der Waals surface area contributed by atoms with Crippen LogP contribution in [-0.2, 0) is 14.9 Å². The molecule has 0 saturated carbocycles. The molecule has 0 bridgehead atoms. The summed E-state index contributed by atoms with van der Waals surface area (Å²) >= 11 is 0. The van der Waals surface area contributed by atoms with E-state index in [-0.39, 0.29) is 0 Å². The minimum absolute atomic E-state index is 0.498. The van der Waals surface area contributed by atoms with E-state index in [4.69, 9.17) is 9.47 Å². The molecule has 0 amide bonds. The fourth-order valence-electron chi connectivity index (χ4n) is 2.49. The predicted octanol–water partition coefficient (Wildman–Crippen LogP) is 2.22. The van der Waals surface area contributed by atoms with Gasteiger partial charge in [-0.3, -0.25) is 4.79 Å². The smallest absolute Gasteiger partial charge is 0.314 e. The molecule has 0 radical (unpaired) electrons. The highest BCUT2D eigenvalue weighted by Gasteiger charge is 2.40. The number of carboxylic acids is 1. The van der Waals surface area contributed by atoms with Gasteiger partial charge in [-0.15, -0.1) is 0 Å². The molecule has 2 rings (SSSR count). The lowest BCUT2D eigenvalue weighted by molar-refractivity contribution is -0.144. The van der Waals surface area contributed by atoms with Gasteiger partial charge in [-0.05, 0) is 37.0 Å². The predicted molar refractivity (Wildman–Crippen MR) is 67.0 cm³/mol. The van der Waals surface area contributed by atoms with Crippen molar-refractivity contribution in [1.82, 2.24) is 0 Å². The van der Waals surface area contributed by atoms with Gasteiger partial charge in [0, 0.05) is 13.2 Å². The highest BCUT2D eigenvalue weighted by Crippen LogP contribution is 2.36. The van der Waals surface area contributed by atoms with Crippen LogP contribution < -0.4 is 4.74 Å². The number of rotatable bonds is 3. The third kappa shape index (κ3) is 2.34. The van der Waals surface area contributed by atoms with Crippen LogP contribution in [0.25, 0.3) is 0 Å². The van der Waals surface area contributed by atoms with Gasteiger partial charge in [0.1, 0.15) is 5.75 Å². The SMILES string of the molecule is COc1ccc(C2(C(=O)O)CCCOCC2)cc1. The summed E-state index contributed by atoms with van der Waals surface area (Å²) in [5.41, 5.74) is 0.0178. The highest BCUT2D eigenvalue weighted by molar-refractivity contribution is 5.81. The van der Waals surface area contributed by atoms with Crippen molar-refractivity contribution in [3.63, 3.8) is 0 Å². The summed E-state index contributed by atoms with van der Waals surface area (Å²) in [6, 6.07) is 7.31. The van der Waals surface area contributed by atoms with Crippen molar-refractivity contribution in [3.05, 3.63) is 29.8 Å². The fourth-order valence-corrected chi connectivity index (χ4v) is 2.49. The molecule has 4 nitrogen and oxygen atoms in total. The number of carboxylic acid groups (broad SMARTS) is 1. The van der Waals surface area contributed by atoms with Crippen molar-refractivity contribution in [3.8, 4) is 5.75 Å². The van der Waals surface area contributed by atoms with Crippen molar-refractivity contribution in [1.29, 1.82) is 0 Å². The molecular formula is C14H18O4. The maximum Gasteiger partial charge on any atom is 0.314 e. The van der Waals surface area contributed by atoms with E-state index in [1.165, 1.54) is 0 Å². The zero-order valence-electron chi connectivity index (χ0n) is 10.5. The van der Waals surface area contributed by atoms with Gasteiger partial charge in [0.15, 0.2) is 0 Å². The first-order valence-electron chi connectivity index (χ1n) is 6.15. The van der Waals surface area contributed by atoms with Crippen molar-refractivity contribution in [2.24, 2.45) is 0 Å². The van der Waals surface area contributed by atoms with Gasteiger partial charge >= 0.3 is 5.97 Å². The Hall–Kier alpha value is -1.55. The topological polar surface area (TPSA) is 55.8 Å². The molecule has 1 atom stereocenters. The van der Waals surface area contributed by atoms with Gasteiger partial charge in [-0.25, -0.2) is 0 Å². The fraction of sp³-hybridized carbons (Fsp3) is 0.500. The Bertz CT molecular complexity index is 402. The molecule has 1 fully saturated rings. The zero-order chi connectivity index (χ0) is 13.0. The lowest BCUT2D eigenvalue weighted by atomic mass is 9.74. The van der Waals surface area contributed by atoms with Gasteiger partial charge in [-0.2, -0.15) is 0 Å². The van der Waals surface area contributed by atoms with Crippen molar-refractivity contribution in [2.75, 3.05) is 20.3 Å². The molecule has 18 heavy (non-hydrogen) atoms. The van der Waals surface area contributed by atoms with Crippen molar-refractivity contribution < 1.29 is 19.4 Å². The normalized spacial score (nSPS) is 24.3. The van der Waals surface area contributed by atoms with Crippen LogP contribution in [0.1, 0.15) is 24.8 Å². The summed E-state index contributed by atoms with van der Waals surface area (Å²) in [4.78, 5) is 11.7. The summed E-state index contributed by atoms with van der Waals surface area (Å²) in [5.74, 6) is -0.0256. The van der Waals surface area contributed by atoms with Crippen LogP contribution >= 0.6 is 0 Å². The monoisotopic (exact) mass is 250 g/mol. The zero-order valence-corrected chi connectivity index (χ0v) is 10.5. The first-order valence-corrected chi connectivity index (χ1v) is 6.15. The van der Waals surface area contributed by atoms with Crippen LogP contribution in [0.2, 0.25) is 0 Å². The van der Waals surface area contributed by atoms with Crippen molar-refractivity contribution >= 4 is 5.97 Å². The average molecular weight is 250 g/mol. The molecule has 1 aromatic rings. The molecule has 98 valence electrons. The van der Waals surface area contributed by atoms with Crippen LogP contribution in [0, 0.1) is 0 Å². The Morgan fingerprint density at radius 3 is 2.61 bits per heavy atom. The second-order valence-electron chi connectivity index (χ2n) is 4.58. The van der Waals surface area contributed by atoms with E-state index in [0.29, 0.717) is 26.1 Å². The summed E-state index contributed by atoms with van der Waals surface area (Å²) in [6.07, 6.45) is 1.92. The Balaban J connectivity index is 2.35. The van der Waals surface area contributed by atoms with Crippen LogP contribution in [0.15, 0.2) is 24.3 Å². The number of ether oxygens (including phenoxy) is 2. The van der Waals surface area contributed by atoms with Crippen LogP contribution in [-0.4, -0.2) is 31.4 Å². The largest absolute Gasteiger partial charge is 0.497 e.